The number of benzene rings is 3. The molecule has 0 bridgehead atoms. The summed E-state index contributed by atoms with van der Waals surface area (Å²) in [5.41, 5.74) is 3.80. The van der Waals surface area contributed by atoms with E-state index in [-0.39, 0.29) is 11.7 Å². The molecule has 0 atom stereocenters. The number of nitrogens with one attached hydrogen (secondary N) is 1. The van der Waals surface area contributed by atoms with Gasteiger partial charge in [0.25, 0.3) is 5.91 Å². The van der Waals surface area contributed by atoms with Gasteiger partial charge < -0.3 is 5.32 Å². The van der Waals surface area contributed by atoms with Crippen LogP contribution in [-0.2, 0) is 6.42 Å². The summed E-state index contributed by atoms with van der Waals surface area (Å²) in [7, 11) is 0. The molecule has 0 aliphatic heterocycles. The largest absolute Gasteiger partial charge is 0.322 e. The summed E-state index contributed by atoms with van der Waals surface area (Å²) >= 11 is 11.9. The molecule has 0 heterocycles. The molecule has 142 valence electrons. The number of ketones is 1. The normalized spacial score (nSPS) is 10.5. The Balaban J connectivity index is 1.61. The van der Waals surface area contributed by atoms with Gasteiger partial charge in [0.2, 0.25) is 0 Å². The first-order valence-electron chi connectivity index (χ1n) is 8.88. The van der Waals surface area contributed by atoms with Gasteiger partial charge in [-0.3, -0.25) is 9.59 Å². The van der Waals surface area contributed by atoms with Gasteiger partial charge in [0.05, 0.1) is 10.0 Å². The number of hydrogen-bond donors (Lipinski definition) is 1. The highest BCUT2D eigenvalue weighted by molar-refractivity contribution is 6.42. The molecule has 1 amide bonds. The summed E-state index contributed by atoms with van der Waals surface area (Å²) in [5, 5.41) is 3.86. The van der Waals surface area contributed by atoms with Gasteiger partial charge in [-0.2, -0.15) is 0 Å². The number of halogens is 2. The summed E-state index contributed by atoms with van der Waals surface area (Å²) in [4.78, 5) is 24.8. The third kappa shape index (κ3) is 5.00. The van der Waals surface area contributed by atoms with Gasteiger partial charge >= 0.3 is 0 Å². The molecule has 0 aliphatic rings. The summed E-state index contributed by atoms with van der Waals surface area (Å²) in [6.45, 7) is 1.94. The van der Waals surface area contributed by atoms with Crippen molar-refractivity contribution in [1.29, 1.82) is 0 Å². The standard InChI is InChI=1S/C23H19Cl2NO2/c1-15-4-2-3-5-21(15)26-23(28)18-10-8-17(9-11-18)22(27)13-7-16-6-12-19(24)20(25)14-16/h2-6,8-12,14H,7,13H2,1H3,(H,26,28). The first kappa shape index (κ1) is 20.1. The molecule has 3 aromatic rings. The van der Waals surface area contributed by atoms with Crippen LogP contribution in [0.15, 0.2) is 66.7 Å². The Morgan fingerprint density at radius 2 is 1.54 bits per heavy atom. The van der Waals surface area contributed by atoms with Crippen LogP contribution in [0.2, 0.25) is 10.0 Å². The van der Waals surface area contributed by atoms with E-state index in [0.29, 0.717) is 34.0 Å². The maximum Gasteiger partial charge on any atom is 0.255 e. The molecular weight excluding hydrogens is 393 g/mol. The Kier molecular flexibility index (Phi) is 6.50. The van der Waals surface area contributed by atoms with Crippen LogP contribution in [-0.4, -0.2) is 11.7 Å². The molecule has 3 nitrogen and oxygen atoms in total. The zero-order valence-corrected chi connectivity index (χ0v) is 16.8. The third-order valence-corrected chi connectivity index (χ3v) is 5.23. The number of anilines is 1. The molecule has 0 spiro atoms. The number of para-hydroxylation sites is 1. The second-order valence-corrected chi connectivity index (χ2v) is 7.33. The van der Waals surface area contributed by atoms with Crippen molar-refractivity contribution < 1.29 is 9.59 Å². The molecule has 0 fully saturated rings. The number of carbonyl (C=O) groups excluding carboxylic acids is 2. The topological polar surface area (TPSA) is 46.2 Å². The van der Waals surface area contributed by atoms with Crippen molar-refractivity contribution in [2.45, 2.75) is 19.8 Å². The van der Waals surface area contributed by atoms with E-state index in [1.165, 1.54) is 0 Å². The second-order valence-electron chi connectivity index (χ2n) is 6.52. The number of Topliss-reactive ketones (excluding diaryl/α,β-unsaturated/α-hetero) is 1. The minimum absolute atomic E-state index is 0.0111. The monoisotopic (exact) mass is 411 g/mol. The van der Waals surface area contributed by atoms with E-state index in [9.17, 15) is 9.59 Å². The van der Waals surface area contributed by atoms with E-state index in [4.69, 9.17) is 23.2 Å². The Hall–Kier alpha value is -2.62. The second kappa shape index (κ2) is 9.05. The van der Waals surface area contributed by atoms with Crippen molar-refractivity contribution in [3.8, 4) is 0 Å². The Morgan fingerprint density at radius 3 is 2.21 bits per heavy atom. The first-order valence-corrected chi connectivity index (χ1v) is 9.64. The van der Waals surface area contributed by atoms with Crippen LogP contribution in [0.25, 0.3) is 0 Å². The van der Waals surface area contributed by atoms with Gasteiger partial charge in [-0.1, -0.05) is 59.6 Å². The van der Waals surface area contributed by atoms with Crippen LogP contribution in [0.3, 0.4) is 0 Å². The van der Waals surface area contributed by atoms with E-state index in [1.54, 1.807) is 36.4 Å². The number of rotatable bonds is 6. The summed E-state index contributed by atoms with van der Waals surface area (Å²) in [5.74, 6) is -0.193. The highest BCUT2D eigenvalue weighted by atomic mass is 35.5. The average molecular weight is 412 g/mol. The molecule has 1 N–H and O–H groups in total. The predicted octanol–water partition coefficient (Wildman–Crippen LogP) is 6.37. The molecule has 28 heavy (non-hydrogen) atoms. The Bertz CT molecular complexity index is 1010. The van der Waals surface area contributed by atoms with Gasteiger partial charge in [0, 0.05) is 23.2 Å². The molecule has 0 saturated heterocycles. The molecule has 0 aromatic heterocycles. The molecular formula is C23H19Cl2NO2. The number of amides is 1. The molecule has 3 aromatic carbocycles. The van der Waals surface area contributed by atoms with Crippen molar-refractivity contribution in [1.82, 2.24) is 0 Å². The van der Waals surface area contributed by atoms with E-state index in [1.807, 2.05) is 37.3 Å². The van der Waals surface area contributed by atoms with Crippen LogP contribution in [0.1, 0.15) is 38.3 Å². The summed E-state index contributed by atoms with van der Waals surface area (Å²) in [6.07, 6.45) is 0.929. The predicted molar refractivity (Wildman–Crippen MR) is 115 cm³/mol. The molecule has 3 rings (SSSR count). The highest BCUT2D eigenvalue weighted by Gasteiger charge is 2.11. The quantitative estimate of drug-likeness (QED) is 0.478. The summed E-state index contributed by atoms with van der Waals surface area (Å²) < 4.78 is 0. The van der Waals surface area contributed by atoms with Crippen molar-refractivity contribution in [2.75, 3.05) is 5.32 Å². The van der Waals surface area contributed by atoms with Crippen LogP contribution in [0.5, 0.6) is 0 Å². The molecule has 0 aliphatic carbocycles. The molecule has 0 radical (unpaired) electrons. The van der Waals surface area contributed by atoms with E-state index < -0.39 is 0 Å². The fourth-order valence-electron chi connectivity index (χ4n) is 2.81. The molecule has 0 unspecified atom stereocenters. The van der Waals surface area contributed by atoms with Crippen LogP contribution in [0.4, 0.5) is 5.69 Å². The first-order chi connectivity index (χ1) is 13.4. The van der Waals surface area contributed by atoms with Crippen molar-refractivity contribution in [2.24, 2.45) is 0 Å². The highest BCUT2D eigenvalue weighted by Crippen LogP contribution is 2.23. The van der Waals surface area contributed by atoms with Gasteiger partial charge in [-0.15, -0.1) is 0 Å². The lowest BCUT2D eigenvalue weighted by molar-refractivity contribution is 0.0979. The zero-order chi connectivity index (χ0) is 20.1. The third-order valence-electron chi connectivity index (χ3n) is 4.49. The van der Waals surface area contributed by atoms with Crippen molar-refractivity contribution >= 4 is 40.6 Å². The van der Waals surface area contributed by atoms with Gasteiger partial charge in [-0.25, -0.2) is 0 Å². The van der Waals surface area contributed by atoms with Gasteiger partial charge in [-0.05, 0) is 54.8 Å². The zero-order valence-electron chi connectivity index (χ0n) is 15.3. The van der Waals surface area contributed by atoms with Crippen molar-refractivity contribution in [3.05, 3.63) is 99.0 Å². The maximum atomic E-state index is 12.4. The summed E-state index contributed by atoms with van der Waals surface area (Å²) in [6, 6.07) is 19.6. The van der Waals surface area contributed by atoms with Crippen molar-refractivity contribution in [3.63, 3.8) is 0 Å². The van der Waals surface area contributed by atoms with Crippen LogP contribution >= 0.6 is 23.2 Å². The fourth-order valence-corrected chi connectivity index (χ4v) is 3.13. The molecule has 5 heteroatoms. The average Bonchev–Trinajstić information content (AvgIpc) is 2.70. The number of hydrogen-bond acceptors (Lipinski definition) is 2. The maximum absolute atomic E-state index is 12.4. The van der Waals surface area contributed by atoms with E-state index >= 15 is 0 Å². The SMILES string of the molecule is Cc1ccccc1NC(=O)c1ccc(C(=O)CCc2ccc(Cl)c(Cl)c2)cc1. The fraction of sp³-hybridized carbons (Fsp3) is 0.130. The molecule has 0 saturated carbocycles. The lowest BCUT2D eigenvalue weighted by atomic mass is 10.0. The van der Waals surface area contributed by atoms with Gasteiger partial charge in [0.15, 0.2) is 5.78 Å². The lowest BCUT2D eigenvalue weighted by Crippen LogP contribution is -2.13. The number of carbonyl (C=O) groups is 2. The Morgan fingerprint density at radius 1 is 0.857 bits per heavy atom. The Labute approximate surface area is 174 Å². The smallest absolute Gasteiger partial charge is 0.255 e. The van der Waals surface area contributed by atoms with E-state index in [2.05, 4.69) is 5.32 Å². The minimum Gasteiger partial charge on any atom is -0.322 e. The minimum atomic E-state index is -0.205. The number of aryl methyl sites for hydroxylation is 2. The van der Waals surface area contributed by atoms with Crippen LogP contribution in [0, 0.1) is 6.92 Å². The van der Waals surface area contributed by atoms with E-state index in [0.717, 1.165) is 16.8 Å². The van der Waals surface area contributed by atoms with Crippen LogP contribution < -0.4 is 5.32 Å². The lowest BCUT2D eigenvalue weighted by Gasteiger charge is -2.08. The van der Waals surface area contributed by atoms with Gasteiger partial charge in [0.1, 0.15) is 0 Å².